The van der Waals surface area contributed by atoms with Gasteiger partial charge in [-0.05, 0) is 24.2 Å². The van der Waals surface area contributed by atoms with Gasteiger partial charge in [0.05, 0.1) is 0 Å². The van der Waals surface area contributed by atoms with Crippen molar-refractivity contribution < 1.29 is 0 Å². The zero-order valence-electron chi connectivity index (χ0n) is 10.5. The van der Waals surface area contributed by atoms with Crippen LogP contribution in [0.15, 0.2) is 0 Å². The number of rotatable bonds is 6. The van der Waals surface area contributed by atoms with E-state index in [9.17, 15) is 0 Å². The van der Waals surface area contributed by atoms with Gasteiger partial charge in [-0.2, -0.15) is 0 Å². The Labute approximate surface area is 89.9 Å². The lowest BCUT2D eigenvalue weighted by atomic mass is 9.72. The molecule has 1 fully saturated rings. The van der Waals surface area contributed by atoms with Crippen molar-refractivity contribution in [1.82, 2.24) is 4.90 Å². The van der Waals surface area contributed by atoms with Crippen LogP contribution in [0.3, 0.4) is 0 Å². The second-order valence-electron chi connectivity index (χ2n) is 5.56. The van der Waals surface area contributed by atoms with Crippen molar-refractivity contribution in [1.29, 1.82) is 0 Å². The van der Waals surface area contributed by atoms with E-state index in [4.69, 9.17) is 0 Å². The minimum atomic E-state index is 0.707. The predicted octanol–water partition coefficient (Wildman–Crippen LogP) is 3.54. The van der Waals surface area contributed by atoms with Crippen molar-refractivity contribution in [3.8, 4) is 0 Å². The third-order valence-corrected chi connectivity index (χ3v) is 3.30. The molecule has 0 amide bonds. The molecule has 0 N–H and O–H groups in total. The molecule has 1 heterocycles. The molecule has 1 rings (SSSR count). The molecule has 0 unspecified atom stereocenters. The summed E-state index contributed by atoms with van der Waals surface area (Å²) in [7, 11) is 0. The molecule has 0 aliphatic carbocycles. The molecule has 0 spiro atoms. The Morgan fingerprint density at radius 1 is 1.07 bits per heavy atom. The van der Waals surface area contributed by atoms with Crippen LogP contribution in [0.5, 0.6) is 0 Å². The van der Waals surface area contributed by atoms with E-state index in [1.165, 1.54) is 45.3 Å². The highest BCUT2D eigenvalue weighted by Crippen LogP contribution is 2.39. The van der Waals surface area contributed by atoms with Crippen molar-refractivity contribution in [2.75, 3.05) is 19.6 Å². The molecule has 1 saturated heterocycles. The first kappa shape index (κ1) is 12.0. The lowest BCUT2D eigenvalue weighted by Gasteiger charge is -2.51. The van der Waals surface area contributed by atoms with Crippen LogP contribution in [-0.4, -0.2) is 24.5 Å². The first-order valence-electron chi connectivity index (χ1n) is 6.34. The molecule has 0 radical (unpaired) electrons. The lowest BCUT2D eigenvalue weighted by molar-refractivity contribution is -0.0211. The summed E-state index contributed by atoms with van der Waals surface area (Å²) in [5, 5.41) is 0. The first-order valence-corrected chi connectivity index (χ1v) is 6.34. The van der Waals surface area contributed by atoms with Gasteiger partial charge in [0.2, 0.25) is 0 Å². The van der Waals surface area contributed by atoms with Crippen molar-refractivity contribution in [3.63, 3.8) is 0 Å². The van der Waals surface area contributed by atoms with Crippen molar-refractivity contribution in [3.05, 3.63) is 0 Å². The summed E-state index contributed by atoms with van der Waals surface area (Å²) in [6, 6.07) is 0. The summed E-state index contributed by atoms with van der Waals surface area (Å²) in [6.07, 6.45) is 5.59. The summed E-state index contributed by atoms with van der Waals surface area (Å²) in [5.74, 6) is 0.830. The first-order chi connectivity index (χ1) is 6.62. The van der Waals surface area contributed by atoms with Gasteiger partial charge < -0.3 is 4.90 Å². The second-order valence-corrected chi connectivity index (χ2v) is 5.56. The predicted molar refractivity (Wildman–Crippen MR) is 63.5 cm³/mol. The van der Waals surface area contributed by atoms with Crippen LogP contribution in [0.4, 0.5) is 0 Å². The summed E-state index contributed by atoms with van der Waals surface area (Å²) in [6.45, 7) is 13.3. The number of hydrogen-bond acceptors (Lipinski definition) is 1. The molecular weight excluding hydrogens is 170 g/mol. The maximum Gasteiger partial charge on any atom is 0.00506 e. The molecule has 0 aromatic rings. The fourth-order valence-corrected chi connectivity index (χ4v) is 3.05. The Morgan fingerprint density at radius 3 is 1.93 bits per heavy atom. The molecular formula is C13H27N. The van der Waals surface area contributed by atoms with E-state index in [2.05, 4.69) is 32.6 Å². The largest absolute Gasteiger partial charge is 0.302 e. The van der Waals surface area contributed by atoms with E-state index in [-0.39, 0.29) is 0 Å². The molecule has 1 aliphatic rings. The van der Waals surface area contributed by atoms with Crippen LogP contribution in [-0.2, 0) is 0 Å². The van der Waals surface area contributed by atoms with Crippen LogP contribution in [0, 0.1) is 11.3 Å². The summed E-state index contributed by atoms with van der Waals surface area (Å²) < 4.78 is 0. The monoisotopic (exact) mass is 197 g/mol. The summed E-state index contributed by atoms with van der Waals surface area (Å²) in [4.78, 5) is 2.63. The van der Waals surface area contributed by atoms with E-state index in [0.29, 0.717) is 5.41 Å². The average molecular weight is 197 g/mol. The normalized spacial score (nSPS) is 21.2. The molecule has 0 atom stereocenters. The molecule has 0 aromatic heterocycles. The maximum absolute atomic E-state index is 2.63. The Balaban J connectivity index is 2.31. The van der Waals surface area contributed by atoms with Crippen molar-refractivity contribution in [2.24, 2.45) is 11.3 Å². The number of nitrogens with zero attached hydrogens (tertiary/aromatic N) is 1. The highest BCUT2D eigenvalue weighted by atomic mass is 15.2. The van der Waals surface area contributed by atoms with Crippen LogP contribution in [0.25, 0.3) is 0 Å². The van der Waals surface area contributed by atoms with Crippen molar-refractivity contribution >= 4 is 0 Å². The van der Waals surface area contributed by atoms with E-state index in [1.54, 1.807) is 0 Å². The Hall–Kier alpha value is -0.0400. The van der Waals surface area contributed by atoms with E-state index < -0.39 is 0 Å². The van der Waals surface area contributed by atoms with Gasteiger partial charge in [0, 0.05) is 19.6 Å². The Kier molecular flexibility index (Phi) is 4.43. The third-order valence-electron chi connectivity index (χ3n) is 3.30. The molecule has 84 valence electrons. The molecule has 1 nitrogen and oxygen atoms in total. The minimum Gasteiger partial charge on any atom is -0.302 e. The molecule has 1 heteroatoms. The van der Waals surface area contributed by atoms with E-state index in [1.807, 2.05) is 0 Å². The van der Waals surface area contributed by atoms with Gasteiger partial charge in [-0.1, -0.05) is 40.5 Å². The quantitative estimate of drug-likeness (QED) is 0.629. The van der Waals surface area contributed by atoms with Crippen LogP contribution < -0.4 is 0 Å². The van der Waals surface area contributed by atoms with Gasteiger partial charge in [-0.25, -0.2) is 0 Å². The fraction of sp³-hybridized carbons (Fsp3) is 1.00. The van der Waals surface area contributed by atoms with Gasteiger partial charge in [0.15, 0.2) is 0 Å². The van der Waals surface area contributed by atoms with Crippen LogP contribution >= 0.6 is 0 Å². The highest BCUT2D eigenvalue weighted by molar-refractivity contribution is 4.94. The van der Waals surface area contributed by atoms with Gasteiger partial charge in [0.25, 0.3) is 0 Å². The molecule has 0 saturated carbocycles. The molecule has 14 heavy (non-hydrogen) atoms. The van der Waals surface area contributed by atoms with Crippen molar-refractivity contribution in [2.45, 2.75) is 53.4 Å². The second kappa shape index (κ2) is 5.16. The Morgan fingerprint density at radius 2 is 1.57 bits per heavy atom. The maximum atomic E-state index is 2.63. The van der Waals surface area contributed by atoms with E-state index in [0.717, 1.165) is 5.92 Å². The number of hydrogen-bond donors (Lipinski definition) is 0. The van der Waals surface area contributed by atoms with Gasteiger partial charge >= 0.3 is 0 Å². The van der Waals surface area contributed by atoms with Crippen LogP contribution in [0.1, 0.15) is 53.4 Å². The average Bonchev–Trinajstić information content (AvgIpc) is 2.01. The highest BCUT2D eigenvalue weighted by Gasteiger charge is 2.40. The van der Waals surface area contributed by atoms with Gasteiger partial charge in [-0.15, -0.1) is 0 Å². The topological polar surface area (TPSA) is 3.24 Å². The summed E-state index contributed by atoms with van der Waals surface area (Å²) in [5.41, 5.74) is 0.707. The zero-order chi connectivity index (χ0) is 10.6. The zero-order valence-corrected chi connectivity index (χ0v) is 10.5. The minimum absolute atomic E-state index is 0.707. The fourth-order valence-electron chi connectivity index (χ4n) is 3.05. The van der Waals surface area contributed by atoms with Gasteiger partial charge in [-0.3, -0.25) is 0 Å². The molecule has 0 bridgehead atoms. The smallest absolute Gasteiger partial charge is 0.00506 e. The molecule has 1 aliphatic heterocycles. The van der Waals surface area contributed by atoms with E-state index >= 15 is 0 Å². The van der Waals surface area contributed by atoms with Gasteiger partial charge in [0.1, 0.15) is 0 Å². The SMILES string of the molecule is CCCC1(CCC)CN(CC(C)C)C1. The summed E-state index contributed by atoms with van der Waals surface area (Å²) >= 11 is 0. The third kappa shape index (κ3) is 2.98. The lowest BCUT2D eigenvalue weighted by Crippen LogP contribution is -2.56. The molecule has 0 aromatic carbocycles. The Bertz CT molecular complexity index is 149. The van der Waals surface area contributed by atoms with Crippen LogP contribution in [0.2, 0.25) is 0 Å². The standard InChI is InChI=1S/C13H27N/c1-5-7-13(8-6-2)10-14(11-13)9-12(3)4/h12H,5-11H2,1-4H3. The number of likely N-dealkylation sites (tertiary alicyclic amines) is 1.